The lowest BCUT2D eigenvalue weighted by Gasteiger charge is -2.16. The molecule has 90 valence electrons. The minimum atomic E-state index is -0.153. The lowest BCUT2D eigenvalue weighted by atomic mass is 10.1. The molecule has 0 aliphatic heterocycles. The molecule has 0 radical (unpaired) electrons. The van der Waals surface area contributed by atoms with E-state index >= 15 is 0 Å². The van der Waals surface area contributed by atoms with Gasteiger partial charge in [-0.25, -0.2) is 0 Å². The van der Waals surface area contributed by atoms with Gasteiger partial charge in [-0.1, -0.05) is 30.3 Å². The van der Waals surface area contributed by atoms with E-state index in [1.807, 2.05) is 13.0 Å². The van der Waals surface area contributed by atoms with Crippen LogP contribution >= 0.6 is 0 Å². The number of hydrogen-bond acceptors (Lipinski definition) is 2. The van der Waals surface area contributed by atoms with E-state index in [2.05, 4.69) is 36.2 Å². The molecule has 1 atom stereocenters. The lowest BCUT2D eigenvalue weighted by molar-refractivity contribution is 0.178. The molecule has 0 fully saturated rings. The molecule has 2 heteroatoms. The van der Waals surface area contributed by atoms with E-state index in [1.54, 1.807) is 0 Å². The fraction of sp³-hybridized carbons (Fsp3) is 0.571. The predicted molar refractivity (Wildman–Crippen MR) is 68.3 cm³/mol. The van der Waals surface area contributed by atoms with Crippen molar-refractivity contribution < 1.29 is 5.11 Å². The summed E-state index contributed by atoms with van der Waals surface area (Å²) in [5.41, 5.74) is 1.36. The van der Waals surface area contributed by atoms with Crippen LogP contribution in [0.1, 0.15) is 31.7 Å². The van der Waals surface area contributed by atoms with Crippen LogP contribution in [-0.4, -0.2) is 29.7 Å². The molecule has 1 unspecified atom stereocenters. The Morgan fingerprint density at radius 1 is 1.19 bits per heavy atom. The summed E-state index contributed by atoms with van der Waals surface area (Å²) in [4.78, 5) is 2.33. The van der Waals surface area contributed by atoms with Gasteiger partial charge in [0.1, 0.15) is 0 Å². The van der Waals surface area contributed by atoms with Gasteiger partial charge in [0.05, 0.1) is 6.10 Å². The molecule has 0 saturated carbocycles. The first-order valence-corrected chi connectivity index (χ1v) is 6.09. The number of unbranched alkanes of at least 4 members (excludes halogenated alkanes) is 1. The van der Waals surface area contributed by atoms with Gasteiger partial charge in [0.2, 0.25) is 0 Å². The highest BCUT2D eigenvalue weighted by molar-refractivity contribution is 5.14. The molecule has 1 aromatic rings. The van der Waals surface area contributed by atoms with Crippen molar-refractivity contribution >= 4 is 0 Å². The van der Waals surface area contributed by atoms with Gasteiger partial charge < -0.3 is 10.0 Å². The molecule has 0 aromatic heterocycles. The Morgan fingerprint density at radius 2 is 1.88 bits per heavy atom. The van der Waals surface area contributed by atoms with Crippen molar-refractivity contribution in [1.29, 1.82) is 0 Å². The molecule has 1 N–H and O–H groups in total. The van der Waals surface area contributed by atoms with Crippen LogP contribution in [0.5, 0.6) is 0 Å². The summed E-state index contributed by atoms with van der Waals surface area (Å²) in [6.45, 7) is 3.96. The van der Waals surface area contributed by atoms with E-state index in [0.29, 0.717) is 0 Å². The normalized spacial score (nSPS) is 13.0. The van der Waals surface area contributed by atoms with Crippen LogP contribution in [0, 0.1) is 0 Å². The number of rotatable bonds is 7. The maximum Gasteiger partial charge on any atom is 0.0512 e. The molecule has 1 rings (SSSR count). The second-order valence-corrected chi connectivity index (χ2v) is 4.57. The topological polar surface area (TPSA) is 23.5 Å². The van der Waals surface area contributed by atoms with Gasteiger partial charge in [0, 0.05) is 6.54 Å². The minimum absolute atomic E-state index is 0.153. The van der Waals surface area contributed by atoms with Crippen LogP contribution in [0.4, 0.5) is 0 Å². The molecule has 0 saturated heterocycles. The summed E-state index contributed by atoms with van der Waals surface area (Å²) in [5, 5.41) is 9.14. The Balaban J connectivity index is 2.14. The third kappa shape index (κ3) is 5.89. The number of nitrogens with zero attached hydrogens (tertiary/aromatic N) is 1. The predicted octanol–water partition coefficient (Wildman–Crippen LogP) is 2.67. The molecule has 2 nitrogen and oxygen atoms in total. The molecule has 0 aliphatic rings. The van der Waals surface area contributed by atoms with Gasteiger partial charge in [0.15, 0.2) is 0 Å². The van der Waals surface area contributed by atoms with Gasteiger partial charge in [0.25, 0.3) is 0 Å². The van der Waals surface area contributed by atoms with Crippen LogP contribution in [0.25, 0.3) is 0 Å². The van der Waals surface area contributed by atoms with E-state index in [4.69, 9.17) is 5.11 Å². The van der Waals surface area contributed by atoms with E-state index < -0.39 is 0 Å². The fourth-order valence-corrected chi connectivity index (χ4v) is 1.80. The molecule has 0 heterocycles. The Labute approximate surface area is 98.9 Å². The Bertz CT molecular complexity index is 271. The number of aliphatic hydroxyl groups excluding tert-OH is 1. The standard InChI is InChI=1S/C14H23NO/c1-13(16)8-6-7-11-15(2)12-14-9-4-3-5-10-14/h3-5,9-10,13,16H,6-8,11-12H2,1-2H3. The Hall–Kier alpha value is -0.860. The van der Waals surface area contributed by atoms with Gasteiger partial charge >= 0.3 is 0 Å². The SMILES string of the molecule is CC(O)CCCCN(C)Cc1ccccc1. The number of benzene rings is 1. The minimum Gasteiger partial charge on any atom is -0.393 e. The molecule has 0 bridgehead atoms. The first kappa shape index (κ1) is 13.2. The molecule has 16 heavy (non-hydrogen) atoms. The summed E-state index contributed by atoms with van der Waals surface area (Å²) in [6.07, 6.45) is 3.03. The van der Waals surface area contributed by atoms with Crippen molar-refractivity contribution in [3.05, 3.63) is 35.9 Å². The highest BCUT2D eigenvalue weighted by Crippen LogP contribution is 2.05. The van der Waals surface area contributed by atoms with Crippen molar-refractivity contribution in [2.45, 2.75) is 38.8 Å². The third-order valence-corrected chi connectivity index (χ3v) is 2.71. The average molecular weight is 221 g/mol. The van der Waals surface area contributed by atoms with Crippen LogP contribution < -0.4 is 0 Å². The zero-order chi connectivity index (χ0) is 11.8. The van der Waals surface area contributed by atoms with E-state index in [1.165, 1.54) is 5.56 Å². The highest BCUT2D eigenvalue weighted by atomic mass is 16.3. The fourth-order valence-electron chi connectivity index (χ4n) is 1.80. The lowest BCUT2D eigenvalue weighted by Crippen LogP contribution is -2.19. The van der Waals surface area contributed by atoms with Gasteiger partial charge in [-0.15, -0.1) is 0 Å². The molecule has 0 spiro atoms. The van der Waals surface area contributed by atoms with Gasteiger partial charge in [-0.2, -0.15) is 0 Å². The van der Waals surface area contributed by atoms with E-state index in [-0.39, 0.29) is 6.10 Å². The van der Waals surface area contributed by atoms with Crippen molar-refractivity contribution in [3.8, 4) is 0 Å². The summed E-state index contributed by atoms with van der Waals surface area (Å²) < 4.78 is 0. The van der Waals surface area contributed by atoms with E-state index in [0.717, 1.165) is 32.4 Å². The molecular formula is C14H23NO. The second kappa shape index (κ2) is 7.42. The second-order valence-electron chi connectivity index (χ2n) is 4.57. The van der Waals surface area contributed by atoms with Crippen LogP contribution in [-0.2, 0) is 6.54 Å². The first-order chi connectivity index (χ1) is 7.68. The smallest absolute Gasteiger partial charge is 0.0512 e. The summed E-state index contributed by atoms with van der Waals surface area (Å²) in [5.74, 6) is 0. The van der Waals surface area contributed by atoms with Crippen LogP contribution in [0.3, 0.4) is 0 Å². The zero-order valence-corrected chi connectivity index (χ0v) is 10.4. The molecule has 0 amide bonds. The zero-order valence-electron chi connectivity index (χ0n) is 10.4. The van der Waals surface area contributed by atoms with Crippen molar-refractivity contribution in [3.63, 3.8) is 0 Å². The summed E-state index contributed by atoms with van der Waals surface area (Å²) >= 11 is 0. The number of hydrogen-bond donors (Lipinski definition) is 1. The van der Waals surface area contributed by atoms with Crippen LogP contribution in [0.2, 0.25) is 0 Å². The molecule has 0 aliphatic carbocycles. The van der Waals surface area contributed by atoms with Crippen molar-refractivity contribution in [1.82, 2.24) is 4.90 Å². The maximum absolute atomic E-state index is 9.14. The Morgan fingerprint density at radius 3 is 2.50 bits per heavy atom. The largest absolute Gasteiger partial charge is 0.393 e. The van der Waals surface area contributed by atoms with Crippen molar-refractivity contribution in [2.24, 2.45) is 0 Å². The van der Waals surface area contributed by atoms with Crippen molar-refractivity contribution in [2.75, 3.05) is 13.6 Å². The van der Waals surface area contributed by atoms with Crippen LogP contribution in [0.15, 0.2) is 30.3 Å². The monoisotopic (exact) mass is 221 g/mol. The third-order valence-electron chi connectivity index (χ3n) is 2.71. The maximum atomic E-state index is 9.14. The van der Waals surface area contributed by atoms with Gasteiger partial charge in [-0.3, -0.25) is 0 Å². The Kier molecular flexibility index (Phi) is 6.12. The number of aliphatic hydroxyl groups is 1. The quantitative estimate of drug-likeness (QED) is 0.716. The molecule has 1 aromatic carbocycles. The highest BCUT2D eigenvalue weighted by Gasteiger charge is 2.00. The van der Waals surface area contributed by atoms with E-state index in [9.17, 15) is 0 Å². The summed E-state index contributed by atoms with van der Waals surface area (Å²) in [6, 6.07) is 10.5. The average Bonchev–Trinajstić information content (AvgIpc) is 2.25. The molecular weight excluding hydrogens is 198 g/mol. The first-order valence-electron chi connectivity index (χ1n) is 6.09. The summed E-state index contributed by atoms with van der Waals surface area (Å²) in [7, 11) is 2.15. The van der Waals surface area contributed by atoms with Gasteiger partial charge in [-0.05, 0) is 45.3 Å².